The van der Waals surface area contributed by atoms with Gasteiger partial charge in [0.25, 0.3) is 0 Å². The molecule has 1 saturated heterocycles. The molecule has 0 aromatic carbocycles. The summed E-state index contributed by atoms with van der Waals surface area (Å²) in [5.74, 6) is 0.287. The Kier molecular flexibility index (Phi) is 2.91. The molecule has 2 saturated carbocycles. The van der Waals surface area contributed by atoms with Crippen LogP contribution in [0.2, 0.25) is 0 Å². The average Bonchev–Trinajstić information content (AvgIpc) is 2.92. The Morgan fingerprint density at radius 3 is 2.65 bits per heavy atom. The zero-order valence-electron chi connectivity index (χ0n) is 11.4. The maximum Gasteiger partial charge on any atom is 0.244 e. The molecule has 2 aliphatic carbocycles. The van der Waals surface area contributed by atoms with Crippen molar-refractivity contribution in [2.24, 2.45) is 0 Å². The molecule has 108 valence electrons. The third-order valence-corrected chi connectivity index (χ3v) is 5.71. The number of rotatable bonds is 2. The predicted octanol–water partition coefficient (Wildman–Crippen LogP) is 2.01. The fourth-order valence-electron chi connectivity index (χ4n) is 3.63. The SMILES string of the molecule is O=C1N(C2CCC(O)CC2)C(c2ccsc2)NC12CC2. The van der Waals surface area contributed by atoms with Gasteiger partial charge in [0.15, 0.2) is 0 Å². The van der Waals surface area contributed by atoms with Crippen molar-refractivity contribution in [3.05, 3.63) is 22.4 Å². The monoisotopic (exact) mass is 292 g/mol. The van der Waals surface area contributed by atoms with E-state index >= 15 is 0 Å². The van der Waals surface area contributed by atoms with Gasteiger partial charge in [-0.15, -0.1) is 0 Å². The third kappa shape index (κ3) is 1.91. The van der Waals surface area contributed by atoms with E-state index in [-0.39, 0.29) is 29.8 Å². The van der Waals surface area contributed by atoms with E-state index in [0.29, 0.717) is 0 Å². The highest BCUT2D eigenvalue weighted by atomic mass is 32.1. The van der Waals surface area contributed by atoms with Gasteiger partial charge in [0.05, 0.1) is 6.10 Å². The van der Waals surface area contributed by atoms with Gasteiger partial charge in [-0.05, 0) is 60.9 Å². The van der Waals surface area contributed by atoms with Crippen LogP contribution in [0.25, 0.3) is 0 Å². The predicted molar refractivity (Wildman–Crippen MR) is 77.3 cm³/mol. The summed E-state index contributed by atoms with van der Waals surface area (Å²) in [6.45, 7) is 0. The molecule has 1 unspecified atom stereocenters. The standard InChI is InChI=1S/C15H20N2O2S/c18-12-3-1-11(2-4-12)17-13(10-5-8-20-9-10)16-15(6-7-15)14(17)19/h5,8-9,11-13,16,18H,1-4,6-7H2. The van der Waals surface area contributed by atoms with Crippen LogP contribution in [0.1, 0.15) is 50.3 Å². The van der Waals surface area contributed by atoms with Crippen molar-refractivity contribution in [3.8, 4) is 0 Å². The van der Waals surface area contributed by atoms with Gasteiger partial charge in [-0.1, -0.05) is 0 Å². The van der Waals surface area contributed by atoms with Crippen LogP contribution in [0.5, 0.6) is 0 Å². The van der Waals surface area contributed by atoms with Gasteiger partial charge in [0.2, 0.25) is 5.91 Å². The fraction of sp³-hybridized carbons (Fsp3) is 0.667. The zero-order chi connectivity index (χ0) is 13.7. The van der Waals surface area contributed by atoms with Gasteiger partial charge < -0.3 is 10.0 Å². The van der Waals surface area contributed by atoms with Crippen molar-refractivity contribution < 1.29 is 9.90 Å². The second kappa shape index (κ2) is 4.55. The first-order valence-corrected chi connectivity index (χ1v) is 8.44. The minimum absolute atomic E-state index is 0.0384. The van der Waals surface area contributed by atoms with Crippen LogP contribution >= 0.6 is 11.3 Å². The molecule has 3 fully saturated rings. The number of nitrogens with zero attached hydrogens (tertiary/aromatic N) is 1. The van der Waals surface area contributed by atoms with Gasteiger partial charge in [-0.2, -0.15) is 11.3 Å². The fourth-order valence-corrected chi connectivity index (χ4v) is 4.31. The van der Waals surface area contributed by atoms with E-state index in [1.807, 2.05) is 0 Å². The van der Waals surface area contributed by atoms with Crippen LogP contribution in [0.3, 0.4) is 0 Å². The molecule has 1 aromatic heterocycles. The van der Waals surface area contributed by atoms with Crippen molar-refractivity contribution >= 4 is 17.2 Å². The lowest BCUT2D eigenvalue weighted by Gasteiger charge is -2.36. The van der Waals surface area contributed by atoms with Crippen LogP contribution in [-0.4, -0.2) is 33.6 Å². The van der Waals surface area contributed by atoms with Crippen molar-refractivity contribution in [1.29, 1.82) is 0 Å². The van der Waals surface area contributed by atoms with Crippen LogP contribution in [0.4, 0.5) is 0 Å². The summed E-state index contributed by atoms with van der Waals surface area (Å²) >= 11 is 1.68. The summed E-state index contributed by atoms with van der Waals surface area (Å²) < 4.78 is 0. The molecule has 1 aliphatic heterocycles. The highest BCUT2D eigenvalue weighted by molar-refractivity contribution is 7.07. The summed E-state index contributed by atoms with van der Waals surface area (Å²) in [5.41, 5.74) is 0.945. The molecule has 1 atom stereocenters. The van der Waals surface area contributed by atoms with Gasteiger partial charge in [-0.25, -0.2) is 0 Å². The summed E-state index contributed by atoms with van der Waals surface area (Å²) in [5, 5.41) is 17.5. The van der Waals surface area contributed by atoms with E-state index in [2.05, 4.69) is 27.0 Å². The van der Waals surface area contributed by atoms with E-state index in [0.717, 1.165) is 38.5 Å². The Balaban J connectivity index is 1.62. The molecule has 2 N–H and O–H groups in total. The number of aliphatic hydroxyl groups is 1. The smallest absolute Gasteiger partial charge is 0.244 e. The molecule has 0 radical (unpaired) electrons. The first kappa shape index (κ1) is 12.8. The van der Waals surface area contributed by atoms with Gasteiger partial charge in [0.1, 0.15) is 11.7 Å². The highest BCUT2D eigenvalue weighted by Gasteiger charge is 2.60. The van der Waals surface area contributed by atoms with Gasteiger partial charge >= 0.3 is 0 Å². The number of hydrogen-bond acceptors (Lipinski definition) is 4. The Labute approximate surface area is 122 Å². The normalized spacial score (nSPS) is 35.8. The lowest BCUT2D eigenvalue weighted by molar-refractivity contribution is -0.134. The topological polar surface area (TPSA) is 52.6 Å². The molecular weight excluding hydrogens is 272 g/mol. The molecule has 5 heteroatoms. The first-order chi connectivity index (χ1) is 9.70. The molecule has 3 aliphatic rings. The maximum atomic E-state index is 12.8. The molecule has 20 heavy (non-hydrogen) atoms. The quantitative estimate of drug-likeness (QED) is 0.877. The minimum atomic E-state index is -0.261. The minimum Gasteiger partial charge on any atom is -0.393 e. The molecule has 4 rings (SSSR count). The van der Waals surface area contributed by atoms with E-state index in [1.54, 1.807) is 11.3 Å². The second-order valence-electron chi connectivity index (χ2n) is 6.36. The van der Waals surface area contributed by atoms with Crippen molar-refractivity contribution in [3.63, 3.8) is 0 Å². The zero-order valence-corrected chi connectivity index (χ0v) is 12.2. The molecule has 1 amide bonds. The van der Waals surface area contributed by atoms with E-state index < -0.39 is 0 Å². The lowest BCUT2D eigenvalue weighted by Crippen LogP contribution is -2.43. The van der Waals surface area contributed by atoms with Crippen LogP contribution in [0, 0.1) is 0 Å². The number of nitrogens with one attached hydrogen (secondary N) is 1. The van der Waals surface area contributed by atoms with Crippen LogP contribution < -0.4 is 5.32 Å². The lowest BCUT2D eigenvalue weighted by atomic mass is 9.91. The van der Waals surface area contributed by atoms with Crippen molar-refractivity contribution in [2.45, 2.75) is 62.4 Å². The molecule has 1 spiro atoms. The number of amides is 1. The van der Waals surface area contributed by atoms with E-state index in [1.165, 1.54) is 5.56 Å². The molecule has 0 bridgehead atoms. The third-order valence-electron chi connectivity index (χ3n) is 5.00. The van der Waals surface area contributed by atoms with Gasteiger partial charge in [0, 0.05) is 6.04 Å². The molecular formula is C15H20N2O2S. The second-order valence-corrected chi connectivity index (χ2v) is 7.14. The summed E-state index contributed by atoms with van der Waals surface area (Å²) in [6.07, 6.45) is 5.28. The van der Waals surface area contributed by atoms with Crippen LogP contribution in [-0.2, 0) is 4.79 Å². The number of thiophene rings is 1. The average molecular weight is 292 g/mol. The Hall–Kier alpha value is -0.910. The largest absolute Gasteiger partial charge is 0.393 e. The summed E-state index contributed by atoms with van der Waals surface area (Å²) in [7, 11) is 0. The van der Waals surface area contributed by atoms with Gasteiger partial charge in [-0.3, -0.25) is 10.1 Å². The number of carbonyl (C=O) groups excluding carboxylic acids is 1. The molecule has 1 aromatic rings. The Morgan fingerprint density at radius 1 is 1.30 bits per heavy atom. The number of aliphatic hydroxyl groups excluding tert-OH is 1. The van der Waals surface area contributed by atoms with Crippen LogP contribution in [0.15, 0.2) is 16.8 Å². The summed E-state index contributed by atoms with van der Waals surface area (Å²) in [4.78, 5) is 14.9. The van der Waals surface area contributed by atoms with E-state index in [9.17, 15) is 9.90 Å². The highest BCUT2D eigenvalue weighted by Crippen LogP contribution is 2.48. The molecule has 4 nitrogen and oxygen atoms in total. The first-order valence-electron chi connectivity index (χ1n) is 7.50. The Bertz CT molecular complexity index is 504. The molecule has 2 heterocycles. The number of carbonyl (C=O) groups is 1. The van der Waals surface area contributed by atoms with Crippen molar-refractivity contribution in [2.75, 3.05) is 0 Å². The van der Waals surface area contributed by atoms with Crippen molar-refractivity contribution in [1.82, 2.24) is 10.2 Å². The number of hydrogen-bond donors (Lipinski definition) is 2. The maximum absolute atomic E-state index is 12.8. The van der Waals surface area contributed by atoms with E-state index in [4.69, 9.17) is 0 Å². The summed E-state index contributed by atoms with van der Waals surface area (Å²) in [6, 6.07) is 2.39. The Morgan fingerprint density at radius 2 is 2.05 bits per heavy atom.